The molecule has 1 aliphatic rings. The van der Waals surface area contributed by atoms with Gasteiger partial charge in [0.1, 0.15) is 0 Å². The molecule has 3 nitrogen and oxygen atoms in total. The number of fused-ring (bicyclic) bond motifs is 1. The number of rotatable bonds is 3. The lowest BCUT2D eigenvalue weighted by Gasteiger charge is -2.36. The molecule has 25 heavy (non-hydrogen) atoms. The Balaban J connectivity index is 2.08. The first kappa shape index (κ1) is 18.4. The van der Waals surface area contributed by atoms with Gasteiger partial charge in [0.05, 0.1) is 16.1 Å². The van der Waals surface area contributed by atoms with Gasteiger partial charge < -0.3 is 10.0 Å². The van der Waals surface area contributed by atoms with Crippen molar-refractivity contribution in [2.24, 2.45) is 0 Å². The summed E-state index contributed by atoms with van der Waals surface area (Å²) in [4.78, 5) is 12.8. The molecular formula is C19H18Cl3NO2. The first-order valence-electron chi connectivity index (χ1n) is 8.01. The lowest BCUT2D eigenvalue weighted by molar-refractivity contribution is 0.132. The van der Waals surface area contributed by atoms with Gasteiger partial charge in [0.15, 0.2) is 0 Å². The summed E-state index contributed by atoms with van der Waals surface area (Å²) in [6.45, 7) is 0. The highest BCUT2D eigenvalue weighted by molar-refractivity contribution is 6.42. The first-order valence-corrected chi connectivity index (χ1v) is 9.30. The number of hydrogen-bond donors (Lipinski definition) is 1. The quantitative estimate of drug-likeness (QED) is 0.615. The zero-order valence-electron chi connectivity index (χ0n) is 13.7. The Hall–Kier alpha value is -1.42. The Morgan fingerprint density at radius 3 is 2.52 bits per heavy atom. The third-order valence-electron chi connectivity index (χ3n) is 4.88. The third kappa shape index (κ3) is 3.59. The molecule has 1 aliphatic carbocycles. The second-order valence-corrected chi connectivity index (χ2v) is 7.39. The molecule has 0 heterocycles. The number of halogens is 3. The molecule has 0 spiro atoms. The highest BCUT2D eigenvalue weighted by Crippen LogP contribution is 2.44. The van der Waals surface area contributed by atoms with E-state index < -0.39 is 6.09 Å². The molecule has 0 bridgehead atoms. The van der Waals surface area contributed by atoms with Crippen molar-refractivity contribution < 1.29 is 9.90 Å². The predicted molar refractivity (Wildman–Crippen MR) is 102 cm³/mol. The zero-order chi connectivity index (χ0) is 18.1. The van der Waals surface area contributed by atoms with Gasteiger partial charge in [0.2, 0.25) is 0 Å². The topological polar surface area (TPSA) is 40.5 Å². The smallest absolute Gasteiger partial charge is 0.407 e. The van der Waals surface area contributed by atoms with E-state index in [2.05, 4.69) is 6.07 Å². The minimum atomic E-state index is -0.930. The lowest BCUT2D eigenvalue weighted by Crippen LogP contribution is -2.33. The monoisotopic (exact) mass is 397 g/mol. The fourth-order valence-electron chi connectivity index (χ4n) is 3.56. The number of benzene rings is 2. The van der Waals surface area contributed by atoms with Gasteiger partial charge in [-0.1, -0.05) is 47.5 Å². The first-order chi connectivity index (χ1) is 11.9. The average Bonchev–Trinajstić information content (AvgIpc) is 2.62. The maximum absolute atomic E-state index is 11.5. The minimum Gasteiger partial charge on any atom is -0.465 e. The maximum atomic E-state index is 11.5. The largest absolute Gasteiger partial charge is 0.465 e. The maximum Gasteiger partial charge on any atom is 0.407 e. The van der Waals surface area contributed by atoms with Crippen LogP contribution in [0, 0.1) is 0 Å². The standard InChI is InChI=1S/C19H18Cl3NO2/c1-23(19(24)25)18-7-5-13(12-3-6-16(21)17(22)9-12)14-4-2-11(10-20)8-15(14)18/h2-4,6,8-9,13,18H,5,7,10H2,1H3,(H,24,25)/t13-,18-/m0/s1. The van der Waals surface area contributed by atoms with Crippen molar-refractivity contribution in [2.75, 3.05) is 7.05 Å². The number of carboxylic acid groups (broad SMARTS) is 1. The second-order valence-electron chi connectivity index (χ2n) is 6.31. The zero-order valence-corrected chi connectivity index (χ0v) is 15.9. The van der Waals surface area contributed by atoms with Crippen LogP contribution in [0.25, 0.3) is 0 Å². The van der Waals surface area contributed by atoms with E-state index >= 15 is 0 Å². The molecule has 6 heteroatoms. The lowest BCUT2D eigenvalue weighted by atomic mass is 9.76. The van der Waals surface area contributed by atoms with Gasteiger partial charge in [0.25, 0.3) is 0 Å². The van der Waals surface area contributed by atoms with Crippen LogP contribution in [0.1, 0.15) is 47.1 Å². The Bertz CT molecular complexity index is 809. The van der Waals surface area contributed by atoms with Crippen molar-refractivity contribution in [3.63, 3.8) is 0 Å². The molecule has 0 radical (unpaired) electrons. The summed E-state index contributed by atoms with van der Waals surface area (Å²) in [5, 5.41) is 10.5. The van der Waals surface area contributed by atoms with Crippen molar-refractivity contribution in [1.29, 1.82) is 0 Å². The molecule has 2 aromatic rings. The van der Waals surface area contributed by atoms with Crippen molar-refractivity contribution in [3.05, 3.63) is 68.7 Å². The molecule has 0 aromatic heterocycles. The molecule has 0 saturated heterocycles. The molecule has 0 unspecified atom stereocenters. The van der Waals surface area contributed by atoms with E-state index in [9.17, 15) is 9.90 Å². The summed E-state index contributed by atoms with van der Waals surface area (Å²) in [6, 6.07) is 11.6. The summed E-state index contributed by atoms with van der Waals surface area (Å²) in [5.74, 6) is 0.557. The Morgan fingerprint density at radius 1 is 1.12 bits per heavy atom. The number of carbonyl (C=O) groups is 1. The van der Waals surface area contributed by atoms with E-state index in [0.29, 0.717) is 15.9 Å². The summed E-state index contributed by atoms with van der Waals surface area (Å²) < 4.78 is 0. The van der Waals surface area contributed by atoms with Crippen LogP contribution in [0.5, 0.6) is 0 Å². The van der Waals surface area contributed by atoms with E-state index in [-0.39, 0.29) is 12.0 Å². The van der Waals surface area contributed by atoms with Crippen LogP contribution in [0.3, 0.4) is 0 Å². The molecule has 1 N–H and O–H groups in total. The Kier molecular flexibility index (Phi) is 5.47. The van der Waals surface area contributed by atoms with Crippen LogP contribution in [0.15, 0.2) is 36.4 Å². The Labute approximate surface area is 162 Å². The fourth-order valence-corrected chi connectivity index (χ4v) is 4.03. The average molecular weight is 399 g/mol. The number of alkyl halides is 1. The minimum absolute atomic E-state index is 0.160. The summed E-state index contributed by atoms with van der Waals surface area (Å²) >= 11 is 18.2. The SMILES string of the molecule is CN(C(=O)O)[C@H]1CC[C@@H](c2ccc(Cl)c(Cl)c2)c2ccc(CCl)cc21. The Morgan fingerprint density at radius 2 is 1.88 bits per heavy atom. The molecule has 0 saturated carbocycles. The van der Waals surface area contributed by atoms with Crippen LogP contribution < -0.4 is 0 Å². The van der Waals surface area contributed by atoms with E-state index in [1.165, 1.54) is 4.90 Å². The van der Waals surface area contributed by atoms with Crippen LogP contribution in [0.4, 0.5) is 4.79 Å². The third-order valence-corrected chi connectivity index (χ3v) is 5.93. The molecule has 1 amide bonds. The molecule has 0 aliphatic heterocycles. The van der Waals surface area contributed by atoms with Gasteiger partial charge in [0, 0.05) is 18.8 Å². The van der Waals surface area contributed by atoms with Crippen molar-refractivity contribution in [2.45, 2.75) is 30.7 Å². The second kappa shape index (κ2) is 7.45. The van der Waals surface area contributed by atoms with Crippen LogP contribution in [-0.4, -0.2) is 23.1 Å². The highest BCUT2D eigenvalue weighted by Gasteiger charge is 2.32. The number of amides is 1. The molecule has 0 fully saturated rings. The van der Waals surface area contributed by atoms with Crippen molar-refractivity contribution in [1.82, 2.24) is 4.90 Å². The summed E-state index contributed by atoms with van der Waals surface area (Å²) in [6.07, 6.45) is 0.653. The fraction of sp³-hybridized carbons (Fsp3) is 0.316. The van der Waals surface area contributed by atoms with Gasteiger partial charge in [-0.25, -0.2) is 4.79 Å². The highest BCUT2D eigenvalue weighted by atomic mass is 35.5. The summed E-state index contributed by atoms with van der Waals surface area (Å²) in [5.41, 5.74) is 4.21. The van der Waals surface area contributed by atoms with Crippen LogP contribution >= 0.6 is 34.8 Å². The van der Waals surface area contributed by atoms with Gasteiger partial charge >= 0.3 is 6.09 Å². The predicted octanol–water partition coefficient (Wildman–Crippen LogP) is 6.31. The normalized spacial score (nSPS) is 19.4. The van der Waals surface area contributed by atoms with Crippen molar-refractivity contribution in [3.8, 4) is 0 Å². The molecular weight excluding hydrogens is 381 g/mol. The van der Waals surface area contributed by atoms with Gasteiger partial charge in [-0.05, 0) is 47.2 Å². The van der Waals surface area contributed by atoms with Gasteiger partial charge in [-0.3, -0.25) is 0 Å². The van der Waals surface area contributed by atoms with E-state index in [0.717, 1.165) is 35.1 Å². The van der Waals surface area contributed by atoms with E-state index in [4.69, 9.17) is 34.8 Å². The van der Waals surface area contributed by atoms with Crippen molar-refractivity contribution >= 4 is 40.9 Å². The van der Waals surface area contributed by atoms with E-state index in [1.54, 1.807) is 7.05 Å². The molecule has 132 valence electrons. The van der Waals surface area contributed by atoms with Gasteiger partial charge in [-0.15, -0.1) is 11.6 Å². The van der Waals surface area contributed by atoms with Gasteiger partial charge in [-0.2, -0.15) is 0 Å². The summed E-state index contributed by atoms with van der Waals surface area (Å²) in [7, 11) is 1.61. The number of nitrogens with zero attached hydrogens (tertiary/aromatic N) is 1. The van der Waals surface area contributed by atoms with Crippen LogP contribution in [-0.2, 0) is 5.88 Å². The van der Waals surface area contributed by atoms with Crippen LogP contribution in [0.2, 0.25) is 10.0 Å². The molecule has 3 rings (SSSR count). The molecule has 2 atom stereocenters. The molecule has 2 aromatic carbocycles. The number of hydrogen-bond acceptors (Lipinski definition) is 1. The van der Waals surface area contributed by atoms with E-state index in [1.807, 2.05) is 30.3 Å².